The highest BCUT2D eigenvalue weighted by molar-refractivity contribution is 6.16. The second kappa shape index (κ2) is 9.15. The number of aromatic nitrogens is 1. The zero-order valence-corrected chi connectivity index (χ0v) is 20.1. The van der Waals surface area contributed by atoms with Crippen molar-refractivity contribution in [2.75, 3.05) is 0 Å². The summed E-state index contributed by atoms with van der Waals surface area (Å²) in [4.78, 5) is 29.1. The highest BCUT2D eigenvalue weighted by Crippen LogP contribution is 2.36. The number of fused-ring (bicyclic) bond motifs is 5. The van der Waals surface area contributed by atoms with Crippen molar-refractivity contribution in [3.8, 4) is 11.1 Å². The lowest BCUT2D eigenvalue weighted by atomic mass is 9.71. The van der Waals surface area contributed by atoms with Gasteiger partial charge in [0.05, 0.1) is 0 Å². The molecule has 2 aliphatic rings. The van der Waals surface area contributed by atoms with Crippen LogP contribution in [0.2, 0.25) is 0 Å². The van der Waals surface area contributed by atoms with Gasteiger partial charge in [0.1, 0.15) is 11.6 Å². The molecule has 0 saturated heterocycles. The van der Waals surface area contributed by atoms with Crippen molar-refractivity contribution >= 4 is 23.2 Å². The summed E-state index contributed by atoms with van der Waals surface area (Å²) in [6, 6.07) is 18.9. The van der Waals surface area contributed by atoms with Gasteiger partial charge in [-0.2, -0.15) is 0 Å². The first-order chi connectivity index (χ1) is 17.3. The standard InChI is InChI=1S/C27H20F2O2.C4H5N/c1-27(2)21(11-16-7-9-18(28)14-22(16)29)25-17(13-24(27)31)8-10-20-19-6-4-3-5-15(19)12-23(30)26(20)25;1-2-4-5-3-1/h3-10,13-14H,11-12H2,1-2H3;1-5H. The Bertz CT molecular complexity index is 1600. The van der Waals surface area contributed by atoms with Crippen LogP contribution < -0.4 is 10.4 Å². The number of nitrogens with one attached hydrogen (secondary N) is 1. The Morgan fingerprint density at radius 1 is 0.889 bits per heavy atom. The third-order valence-corrected chi connectivity index (χ3v) is 7.01. The molecule has 0 spiro atoms. The van der Waals surface area contributed by atoms with E-state index in [9.17, 15) is 18.4 Å². The van der Waals surface area contributed by atoms with Crippen LogP contribution in [0, 0.1) is 17.0 Å². The van der Waals surface area contributed by atoms with Crippen LogP contribution in [0.4, 0.5) is 8.78 Å². The fourth-order valence-electron chi connectivity index (χ4n) is 5.00. The first-order valence-electron chi connectivity index (χ1n) is 11.8. The largest absolute Gasteiger partial charge is 0.368 e. The third-order valence-electron chi connectivity index (χ3n) is 7.01. The highest BCUT2D eigenvalue weighted by Gasteiger charge is 2.36. The lowest BCUT2D eigenvalue weighted by Crippen LogP contribution is -2.45. The van der Waals surface area contributed by atoms with Crippen LogP contribution in [0.15, 0.2) is 79.1 Å². The van der Waals surface area contributed by atoms with Crippen molar-refractivity contribution in [3.05, 3.63) is 118 Å². The van der Waals surface area contributed by atoms with Gasteiger partial charge < -0.3 is 4.98 Å². The fourth-order valence-corrected chi connectivity index (χ4v) is 5.00. The van der Waals surface area contributed by atoms with E-state index in [-0.39, 0.29) is 24.4 Å². The smallest absolute Gasteiger partial charge is 0.168 e. The maximum absolute atomic E-state index is 14.5. The number of H-pyrrole nitrogens is 1. The van der Waals surface area contributed by atoms with E-state index in [4.69, 9.17) is 0 Å². The van der Waals surface area contributed by atoms with Gasteiger partial charge in [0.15, 0.2) is 11.6 Å². The second-order valence-electron chi connectivity index (χ2n) is 9.62. The number of aromatic amines is 1. The molecule has 3 nitrogen and oxygen atoms in total. The van der Waals surface area contributed by atoms with Crippen molar-refractivity contribution < 1.29 is 18.4 Å². The van der Waals surface area contributed by atoms with Gasteiger partial charge in [-0.25, -0.2) is 8.78 Å². The number of carbonyl (C=O) groups is 2. The van der Waals surface area contributed by atoms with Crippen molar-refractivity contribution in [1.82, 2.24) is 4.98 Å². The molecular weight excluding hydrogens is 456 g/mol. The van der Waals surface area contributed by atoms with Gasteiger partial charge in [-0.15, -0.1) is 0 Å². The molecule has 0 aliphatic heterocycles. The molecule has 6 rings (SSSR count). The minimum absolute atomic E-state index is 0.0128. The van der Waals surface area contributed by atoms with E-state index < -0.39 is 17.0 Å². The zero-order valence-electron chi connectivity index (χ0n) is 20.1. The van der Waals surface area contributed by atoms with E-state index >= 15 is 0 Å². The molecule has 0 fully saturated rings. The number of hydrogen-bond acceptors (Lipinski definition) is 2. The van der Waals surface area contributed by atoms with E-state index in [1.807, 2.05) is 60.9 Å². The Hall–Kier alpha value is -4.12. The number of carbonyl (C=O) groups excluding carboxylic acids is 2. The number of halogens is 2. The molecule has 180 valence electrons. The summed E-state index contributed by atoms with van der Waals surface area (Å²) in [5, 5.41) is 1.39. The SMILES string of the molecule is CC1(C)C(=O)C=c2ccc3c(c2=C1Cc1ccc(F)cc1F)C(=O)Cc1ccccc1-3.c1cc[nH]c1. The van der Waals surface area contributed by atoms with Gasteiger partial charge in [-0.05, 0) is 82.8 Å². The minimum atomic E-state index is -0.916. The van der Waals surface area contributed by atoms with Gasteiger partial charge in [0.2, 0.25) is 0 Å². The predicted octanol–water partition coefficient (Wildman–Crippen LogP) is 5.17. The third kappa shape index (κ3) is 4.11. The molecule has 0 unspecified atom stereocenters. The molecular formula is C31H25F2NO2. The first-order valence-corrected chi connectivity index (χ1v) is 11.8. The second-order valence-corrected chi connectivity index (χ2v) is 9.62. The molecule has 2 aliphatic carbocycles. The van der Waals surface area contributed by atoms with Crippen molar-refractivity contribution in [2.45, 2.75) is 26.7 Å². The molecule has 0 atom stereocenters. The van der Waals surface area contributed by atoms with Crippen LogP contribution in [-0.4, -0.2) is 16.6 Å². The average molecular weight is 482 g/mol. The van der Waals surface area contributed by atoms with E-state index in [2.05, 4.69) is 4.98 Å². The summed E-state index contributed by atoms with van der Waals surface area (Å²) in [7, 11) is 0. The number of benzene rings is 3. The quantitative estimate of drug-likeness (QED) is 0.430. The maximum Gasteiger partial charge on any atom is 0.168 e. The van der Waals surface area contributed by atoms with Crippen LogP contribution >= 0.6 is 0 Å². The molecule has 3 aromatic carbocycles. The molecule has 0 radical (unpaired) electrons. The molecule has 5 heteroatoms. The van der Waals surface area contributed by atoms with Gasteiger partial charge >= 0.3 is 0 Å². The van der Waals surface area contributed by atoms with Gasteiger partial charge in [-0.1, -0.05) is 42.5 Å². The molecule has 0 amide bonds. The fraction of sp³-hybridized carbons (Fsp3) is 0.161. The minimum Gasteiger partial charge on any atom is -0.368 e. The summed E-state index contributed by atoms with van der Waals surface area (Å²) in [5.74, 6) is -1.42. The van der Waals surface area contributed by atoms with Gasteiger partial charge in [0.25, 0.3) is 0 Å². The predicted molar refractivity (Wildman–Crippen MR) is 137 cm³/mol. The van der Waals surface area contributed by atoms with Crippen LogP contribution in [-0.2, 0) is 17.6 Å². The van der Waals surface area contributed by atoms with Gasteiger partial charge in [-0.3, -0.25) is 9.59 Å². The average Bonchev–Trinajstić information content (AvgIpc) is 3.43. The van der Waals surface area contributed by atoms with Crippen molar-refractivity contribution in [3.63, 3.8) is 0 Å². The van der Waals surface area contributed by atoms with Gasteiger partial charge in [0, 0.05) is 35.9 Å². The molecule has 1 N–H and O–H groups in total. The summed E-state index contributed by atoms with van der Waals surface area (Å²) in [5.41, 5.74) is 3.46. The molecule has 0 saturated carbocycles. The van der Waals surface area contributed by atoms with E-state index in [1.54, 1.807) is 19.9 Å². The van der Waals surface area contributed by atoms with E-state index in [0.717, 1.165) is 22.8 Å². The Balaban J connectivity index is 0.000000477. The van der Waals surface area contributed by atoms with Crippen molar-refractivity contribution in [2.24, 2.45) is 5.41 Å². The molecule has 4 aromatic rings. The monoisotopic (exact) mass is 481 g/mol. The summed E-state index contributed by atoms with van der Waals surface area (Å²) < 4.78 is 28.0. The maximum atomic E-state index is 14.5. The van der Waals surface area contributed by atoms with Crippen molar-refractivity contribution in [1.29, 1.82) is 0 Å². The Labute approximate surface area is 207 Å². The van der Waals surface area contributed by atoms with Crippen LogP contribution in [0.5, 0.6) is 0 Å². The lowest BCUT2D eigenvalue weighted by Gasteiger charge is -2.31. The summed E-state index contributed by atoms with van der Waals surface area (Å²) in [6.07, 6.45) is 5.73. The molecule has 0 bridgehead atoms. The molecule has 1 heterocycles. The summed E-state index contributed by atoms with van der Waals surface area (Å²) in [6.45, 7) is 3.60. The topological polar surface area (TPSA) is 49.9 Å². The number of ketones is 2. The first kappa shape index (κ1) is 23.6. The Kier molecular flexibility index (Phi) is 6.00. The van der Waals surface area contributed by atoms with E-state index in [0.29, 0.717) is 27.1 Å². The Morgan fingerprint density at radius 3 is 2.33 bits per heavy atom. The lowest BCUT2D eigenvalue weighted by molar-refractivity contribution is -0.118. The number of Topliss-reactive ketones (excluding diaryl/α,β-unsaturated/α-hetero) is 2. The van der Waals surface area contributed by atoms with Crippen LogP contribution in [0.1, 0.15) is 35.3 Å². The molecule has 1 aromatic heterocycles. The Morgan fingerprint density at radius 2 is 1.64 bits per heavy atom. The van der Waals surface area contributed by atoms with Crippen LogP contribution in [0.25, 0.3) is 22.8 Å². The molecule has 36 heavy (non-hydrogen) atoms. The normalized spacial score (nSPS) is 15.2. The van der Waals surface area contributed by atoms with Crippen LogP contribution in [0.3, 0.4) is 0 Å². The highest BCUT2D eigenvalue weighted by atomic mass is 19.1. The zero-order chi connectivity index (χ0) is 25.4. The summed E-state index contributed by atoms with van der Waals surface area (Å²) >= 11 is 0. The number of hydrogen-bond donors (Lipinski definition) is 1. The number of rotatable bonds is 2. The van der Waals surface area contributed by atoms with E-state index in [1.165, 1.54) is 12.1 Å².